The Labute approximate surface area is 276 Å². The second-order valence-electron chi connectivity index (χ2n) is 13.0. The maximum Gasteiger partial charge on any atom is 0.160 e. The fourth-order valence-electron chi connectivity index (χ4n) is 7.75. The molecule has 0 saturated heterocycles. The van der Waals surface area contributed by atoms with Gasteiger partial charge in [-0.05, 0) is 35.4 Å². The fourth-order valence-corrected chi connectivity index (χ4v) is 9.22. The summed E-state index contributed by atoms with van der Waals surface area (Å²) < 4.78 is 3.80. The van der Waals surface area contributed by atoms with E-state index in [0.29, 0.717) is 0 Å². The van der Waals surface area contributed by atoms with Gasteiger partial charge >= 0.3 is 0 Å². The van der Waals surface area contributed by atoms with Crippen molar-refractivity contribution in [2.75, 3.05) is 0 Å². The lowest BCUT2D eigenvalue weighted by Crippen LogP contribution is -2.13. The third-order valence-electron chi connectivity index (χ3n) is 9.94. The van der Waals surface area contributed by atoms with Crippen molar-refractivity contribution in [2.24, 2.45) is 0 Å². The fraction of sp³-hybridized carbons (Fsp3) is 0.0698. The van der Waals surface area contributed by atoms with Gasteiger partial charge in [-0.3, -0.25) is 0 Å². The zero-order valence-corrected chi connectivity index (χ0v) is 26.8. The lowest BCUT2D eigenvalue weighted by atomic mass is 9.87. The van der Waals surface area contributed by atoms with Crippen molar-refractivity contribution in [1.29, 1.82) is 0 Å². The molecule has 0 saturated carbocycles. The third kappa shape index (κ3) is 3.73. The van der Waals surface area contributed by atoms with Crippen molar-refractivity contribution in [3.05, 3.63) is 150 Å². The number of fused-ring (bicyclic) bond motifs is 10. The van der Waals surface area contributed by atoms with E-state index >= 15 is 0 Å². The molecular weight excluding hydrogens is 591 g/mol. The van der Waals surface area contributed by atoms with Crippen molar-refractivity contribution in [2.45, 2.75) is 19.3 Å². The van der Waals surface area contributed by atoms with Crippen LogP contribution in [0.3, 0.4) is 0 Å². The summed E-state index contributed by atoms with van der Waals surface area (Å²) in [5, 5.41) is 4.92. The van der Waals surface area contributed by atoms with Crippen molar-refractivity contribution in [1.82, 2.24) is 14.5 Å². The summed E-state index contributed by atoms with van der Waals surface area (Å²) in [5.74, 6) is 0.726. The molecule has 0 amide bonds. The average Bonchev–Trinajstić information content (AvgIpc) is 3.75. The maximum absolute atomic E-state index is 5.19. The van der Waals surface area contributed by atoms with Crippen LogP contribution in [0.25, 0.3) is 82.3 Å². The van der Waals surface area contributed by atoms with Crippen molar-refractivity contribution < 1.29 is 0 Å². The molecule has 47 heavy (non-hydrogen) atoms. The van der Waals surface area contributed by atoms with Crippen LogP contribution >= 0.6 is 11.3 Å². The molecule has 6 aromatic carbocycles. The Morgan fingerprint density at radius 1 is 0.596 bits per heavy atom. The highest BCUT2D eigenvalue weighted by atomic mass is 32.1. The van der Waals surface area contributed by atoms with Crippen LogP contribution in [0.5, 0.6) is 0 Å². The first-order valence-corrected chi connectivity index (χ1v) is 16.9. The Hall–Kier alpha value is -5.58. The summed E-state index contributed by atoms with van der Waals surface area (Å²) in [6, 6.07) is 49.9. The van der Waals surface area contributed by atoms with E-state index in [1.54, 1.807) is 0 Å². The Morgan fingerprint density at radius 2 is 1.32 bits per heavy atom. The van der Waals surface area contributed by atoms with E-state index in [-0.39, 0.29) is 5.41 Å². The van der Waals surface area contributed by atoms with E-state index in [1.807, 2.05) is 23.5 Å². The van der Waals surface area contributed by atoms with Gasteiger partial charge < -0.3 is 4.57 Å². The minimum atomic E-state index is -0.0391. The lowest BCUT2D eigenvalue weighted by molar-refractivity contribution is 0.674. The van der Waals surface area contributed by atoms with E-state index < -0.39 is 0 Å². The Bertz CT molecular complexity index is 2710. The molecule has 3 aromatic heterocycles. The van der Waals surface area contributed by atoms with Gasteiger partial charge in [-0.2, -0.15) is 0 Å². The smallest absolute Gasteiger partial charge is 0.160 e. The van der Waals surface area contributed by atoms with E-state index in [1.165, 1.54) is 53.5 Å². The van der Waals surface area contributed by atoms with Gasteiger partial charge in [0.2, 0.25) is 0 Å². The molecule has 1 aliphatic rings. The summed E-state index contributed by atoms with van der Waals surface area (Å²) >= 11 is 1.96. The largest absolute Gasteiger partial charge is 0.308 e. The summed E-state index contributed by atoms with van der Waals surface area (Å²) in [5.41, 5.74) is 11.7. The lowest BCUT2D eigenvalue weighted by Gasteiger charge is -2.19. The molecule has 0 fully saturated rings. The molecular formula is C43H29N3S. The second-order valence-corrected chi connectivity index (χ2v) is 14.0. The topological polar surface area (TPSA) is 30.7 Å². The summed E-state index contributed by atoms with van der Waals surface area (Å²) in [6.07, 6.45) is 0. The van der Waals surface area contributed by atoms with Gasteiger partial charge in [-0.25, -0.2) is 9.97 Å². The molecule has 0 bridgehead atoms. The first kappa shape index (κ1) is 26.6. The predicted molar refractivity (Wildman–Crippen MR) is 198 cm³/mol. The van der Waals surface area contributed by atoms with Gasteiger partial charge in [0.1, 0.15) is 0 Å². The van der Waals surface area contributed by atoms with Crippen LogP contribution in [0, 0.1) is 0 Å². The van der Waals surface area contributed by atoms with Crippen LogP contribution in [0.2, 0.25) is 0 Å². The summed E-state index contributed by atoms with van der Waals surface area (Å²) in [7, 11) is 0. The number of aromatic nitrogens is 3. The molecule has 0 spiro atoms. The van der Waals surface area contributed by atoms with Gasteiger partial charge in [-0.1, -0.05) is 129 Å². The van der Waals surface area contributed by atoms with Crippen LogP contribution in [0.1, 0.15) is 24.3 Å². The minimum absolute atomic E-state index is 0.0391. The van der Waals surface area contributed by atoms with Gasteiger partial charge in [0, 0.05) is 54.2 Å². The van der Waals surface area contributed by atoms with E-state index in [0.717, 1.165) is 39.2 Å². The van der Waals surface area contributed by atoms with E-state index in [9.17, 15) is 0 Å². The number of hydrogen-bond donors (Lipinski definition) is 0. The molecule has 3 nitrogen and oxygen atoms in total. The number of thiophene rings is 1. The number of hydrogen-bond acceptors (Lipinski definition) is 3. The zero-order valence-electron chi connectivity index (χ0n) is 26.0. The number of nitrogens with zero attached hydrogens (tertiary/aromatic N) is 3. The first-order valence-electron chi connectivity index (χ1n) is 16.1. The van der Waals surface area contributed by atoms with Crippen LogP contribution in [-0.4, -0.2) is 14.5 Å². The normalized spacial score (nSPS) is 13.5. The minimum Gasteiger partial charge on any atom is -0.308 e. The monoisotopic (exact) mass is 619 g/mol. The molecule has 1 aliphatic carbocycles. The van der Waals surface area contributed by atoms with Crippen LogP contribution < -0.4 is 0 Å². The molecule has 222 valence electrons. The van der Waals surface area contributed by atoms with Crippen molar-refractivity contribution in [3.8, 4) is 39.5 Å². The molecule has 10 rings (SSSR count). The highest BCUT2D eigenvalue weighted by Gasteiger charge is 2.39. The third-order valence-corrected chi connectivity index (χ3v) is 11.5. The molecule has 9 aromatic rings. The predicted octanol–water partition coefficient (Wildman–Crippen LogP) is 11.6. The van der Waals surface area contributed by atoms with Crippen molar-refractivity contribution in [3.63, 3.8) is 0 Å². The zero-order chi connectivity index (χ0) is 31.3. The Morgan fingerprint density at radius 3 is 2.21 bits per heavy atom. The van der Waals surface area contributed by atoms with Gasteiger partial charge in [-0.15, -0.1) is 11.3 Å². The number of rotatable bonds is 3. The molecule has 4 heteroatoms. The molecule has 0 aliphatic heterocycles. The summed E-state index contributed by atoms with van der Waals surface area (Å²) in [6.45, 7) is 4.74. The number of para-hydroxylation sites is 2. The number of benzene rings is 6. The van der Waals surface area contributed by atoms with Gasteiger partial charge in [0.25, 0.3) is 0 Å². The standard InChI is InChI=1S/C43H29N3S/c1-43(2)34-20-9-6-18-31(34)37-33-24-23-30-29-17-8-11-22-36(29)46(39(30)40(33)47-41(37)43)28-16-12-15-27(25-28)42-44-35-21-10-7-19-32(35)38(45-42)26-13-4-3-5-14-26/h3-25H,1-2H3. The summed E-state index contributed by atoms with van der Waals surface area (Å²) in [4.78, 5) is 11.7. The first-order chi connectivity index (χ1) is 23.1. The van der Waals surface area contributed by atoms with Crippen LogP contribution in [0.15, 0.2) is 140 Å². The highest BCUT2D eigenvalue weighted by molar-refractivity contribution is 7.21. The molecule has 0 N–H and O–H groups in total. The van der Waals surface area contributed by atoms with E-state index in [4.69, 9.17) is 9.97 Å². The quantitative estimate of drug-likeness (QED) is 0.197. The molecule has 0 unspecified atom stereocenters. The van der Waals surface area contributed by atoms with Gasteiger partial charge in [0.15, 0.2) is 5.82 Å². The van der Waals surface area contributed by atoms with Crippen LogP contribution in [-0.2, 0) is 5.41 Å². The van der Waals surface area contributed by atoms with E-state index in [2.05, 4.69) is 146 Å². The Balaban J connectivity index is 1.24. The van der Waals surface area contributed by atoms with Crippen molar-refractivity contribution >= 4 is 54.1 Å². The molecule has 0 atom stereocenters. The molecule has 0 radical (unpaired) electrons. The Kier molecular flexibility index (Phi) is 5.50. The van der Waals surface area contributed by atoms with Crippen LogP contribution in [0.4, 0.5) is 0 Å². The van der Waals surface area contributed by atoms with Gasteiger partial charge in [0.05, 0.1) is 26.9 Å². The SMILES string of the molecule is CC1(C)c2ccccc2-c2c1sc1c2ccc2c3ccccc3n(-c3cccc(-c4nc(-c5ccccc5)c5ccccc5n4)c3)c21. The maximum atomic E-state index is 5.19. The second kappa shape index (κ2) is 9.71. The average molecular weight is 620 g/mol. The molecule has 3 heterocycles. The highest BCUT2D eigenvalue weighted by Crippen LogP contribution is 2.56.